The quantitative estimate of drug-likeness (QED) is 0.458. The van der Waals surface area contributed by atoms with Crippen LogP contribution in [0.1, 0.15) is 31.2 Å². The Labute approximate surface area is 149 Å². The van der Waals surface area contributed by atoms with Crippen molar-refractivity contribution in [1.29, 1.82) is 0 Å². The van der Waals surface area contributed by atoms with Crippen molar-refractivity contribution in [2.75, 3.05) is 18.9 Å². The van der Waals surface area contributed by atoms with Gasteiger partial charge in [-0.25, -0.2) is 0 Å². The number of hydrogen-bond donors (Lipinski definition) is 3. The van der Waals surface area contributed by atoms with E-state index in [9.17, 15) is 4.79 Å². The SMILES string of the molecule is C[NH+](CCCCCC(=O)Nc1ccccc1)Cc1ccc(ON)cc1. The van der Waals surface area contributed by atoms with Gasteiger partial charge in [-0.1, -0.05) is 18.2 Å². The lowest BCUT2D eigenvalue weighted by atomic mass is 10.1. The van der Waals surface area contributed by atoms with Crippen molar-refractivity contribution in [3.8, 4) is 5.75 Å². The number of carbonyl (C=O) groups is 1. The van der Waals surface area contributed by atoms with Crippen LogP contribution in [0, 0.1) is 0 Å². The number of anilines is 1. The van der Waals surface area contributed by atoms with E-state index < -0.39 is 0 Å². The predicted octanol–water partition coefficient (Wildman–Crippen LogP) is 2.15. The van der Waals surface area contributed by atoms with Crippen LogP contribution >= 0.6 is 0 Å². The molecule has 0 radical (unpaired) electrons. The van der Waals surface area contributed by atoms with E-state index >= 15 is 0 Å². The van der Waals surface area contributed by atoms with E-state index in [0.717, 1.165) is 38.0 Å². The van der Waals surface area contributed by atoms with Gasteiger partial charge in [0, 0.05) is 17.7 Å². The van der Waals surface area contributed by atoms with Gasteiger partial charge in [-0.3, -0.25) is 4.79 Å². The van der Waals surface area contributed by atoms with E-state index in [1.165, 1.54) is 10.5 Å². The summed E-state index contributed by atoms with van der Waals surface area (Å²) in [5.41, 5.74) is 2.13. The molecule has 0 bridgehead atoms. The number of para-hydroxylation sites is 1. The highest BCUT2D eigenvalue weighted by Crippen LogP contribution is 2.10. The molecule has 2 aromatic carbocycles. The maximum absolute atomic E-state index is 11.9. The second-order valence-electron chi connectivity index (χ2n) is 6.37. The number of nitrogens with two attached hydrogens (primary N) is 1. The van der Waals surface area contributed by atoms with Gasteiger partial charge < -0.3 is 15.1 Å². The predicted molar refractivity (Wildman–Crippen MR) is 100 cm³/mol. The number of nitrogens with one attached hydrogen (secondary N) is 2. The third kappa shape index (κ3) is 7.37. The standard InChI is InChI=1S/C20H27N3O2/c1-23(16-17-11-13-19(25-21)14-12-17)15-7-3-6-10-20(24)22-18-8-4-2-5-9-18/h2,4-5,8-9,11-14H,3,6-7,10,15-16,21H2,1H3,(H,22,24)/p+1. The van der Waals surface area contributed by atoms with Gasteiger partial charge in [0.2, 0.25) is 5.91 Å². The molecule has 0 saturated carbocycles. The molecule has 2 rings (SSSR count). The van der Waals surface area contributed by atoms with Gasteiger partial charge in [-0.05, 0) is 55.7 Å². The Bertz CT molecular complexity index is 629. The van der Waals surface area contributed by atoms with Gasteiger partial charge in [0.25, 0.3) is 0 Å². The molecule has 0 saturated heterocycles. The van der Waals surface area contributed by atoms with E-state index in [1.807, 2.05) is 54.6 Å². The van der Waals surface area contributed by atoms with Crippen LogP contribution in [0.5, 0.6) is 5.75 Å². The summed E-state index contributed by atoms with van der Waals surface area (Å²) in [4.78, 5) is 18.0. The fraction of sp³-hybridized carbons (Fsp3) is 0.350. The molecule has 0 spiro atoms. The average Bonchev–Trinajstić information content (AvgIpc) is 2.63. The normalized spacial score (nSPS) is 11.8. The van der Waals surface area contributed by atoms with Crippen LogP contribution < -0.4 is 21.0 Å². The lowest BCUT2D eigenvalue weighted by molar-refractivity contribution is -0.894. The summed E-state index contributed by atoms with van der Waals surface area (Å²) in [6.45, 7) is 2.06. The first kappa shape index (κ1) is 19.0. The van der Waals surface area contributed by atoms with Gasteiger partial charge in [0.15, 0.2) is 0 Å². The average molecular weight is 342 g/mol. The topological polar surface area (TPSA) is 68.8 Å². The Kier molecular flexibility index (Phi) is 7.95. The van der Waals surface area contributed by atoms with Crippen LogP contribution in [-0.2, 0) is 11.3 Å². The molecule has 0 aromatic heterocycles. The second-order valence-corrected chi connectivity index (χ2v) is 6.37. The summed E-state index contributed by atoms with van der Waals surface area (Å²) in [6, 6.07) is 17.4. The maximum Gasteiger partial charge on any atom is 0.224 e. The molecule has 1 amide bonds. The molecule has 4 N–H and O–H groups in total. The molecule has 0 heterocycles. The maximum atomic E-state index is 11.9. The van der Waals surface area contributed by atoms with E-state index in [2.05, 4.69) is 17.2 Å². The van der Waals surface area contributed by atoms with Crippen molar-refractivity contribution in [3.05, 3.63) is 60.2 Å². The minimum atomic E-state index is 0.0918. The zero-order valence-electron chi connectivity index (χ0n) is 14.8. The molecule has 0 aliphatic rings. The van der Waals surface area contributed by atoms with E-state index in [4.69, 9.17) is 5.90 Å². The van der Waals surface area contributed by atoms with E-state index in [0.29, 0.717) is 12.2 Å². The summed E-state index contributed by atoms with van der Waals surface area (Å²) in [5.74, 6) is 5.89. The number of benzene rings is 2. The monoisotopic (exact) mass is 342 g/mol. The summed E-state index contributed by atoms with van der Waals surface area (Å²) >= 11 is 0. The summed E-state index contributed by atoms with van der Waals surface area (Å²) in [6.07, 6.45) is 3.69. The smallest absolute Gasteiger partial charge is 0.224 e. The van der Waals surface area contributed by atoms with Crippen LogP contribution in [0.2, 0.25) is 0 Å². The molecular formula is C20H28N3O2+. The second kappa shape index (κ2) is 10.5. The third-order valence-electron chi connectivity index (χ3n) is 4.13. The Balaban J connectivity index is 1.56. The minimum absolute atomic E-state index is 0.0918. The molecule has 25 heavy (non-hydrogen) atoms. The molecule has 1 atom stereocenters. The molecule has 1 unspecified atom stereocenters. The lowest BCUT2D eigenvalue weighted by Gasteiger charge is -2.14. The molecule has 0 aliphatic carbocycles. The fourth-order valence-electron chi connectivity index (χ4n) is 2.76. The molecule has 2 aromatic rings. The van der Waals surface area contributed by atoms with Crippen molar-refractivity contribution < 1.29 is 14.5 Å². The number of rotatable bonds is 10. The highest BCUT2D eigenvalue weighted by Gasteiger charge is 2.06. The molecule has 134 valence electrons. The van der Waals surface area contributed by atoms with Gasteiger partial charge in [-0.15, -0.1) is 0 Å². The van der Waals surface area contributed by atoms with Crippen molar-refractivity contribution in [3.63, 3.8) is 0 Å². The Morgan fingerprint density at radius 3 is 2.44 bits per heavy atom. The Morgan fingerprint density at radius 1 is 1.04 bits per heavy atom. The van der Waals surface area contributed by atoms with Gasteiger partial charge in [0.1, 0.15) is 12.3 Å². The van der Waals surface area contributed by atoms with E-state index in [-0.39, 0.29) is 5.91 Å². The number of carbonyl (C=O) groups excluding carboxylic acids is 1. The minimum Gasteiger partial charge on any atom is -0.412 e. The molecular weight excluding hydrogens is 314 g/mol. The Morgan fingerprint density at radius 2 is 1.76 bits per heavy atom. The van der Waals surface area contributed by atoms with Crippen LogP contribution in [0.3, 0.4) is 0 Å². The first-order chi connectivity index (χ1) is 12.2. The lowest BCUT2D eigenvalue weighted by Crippen LogP contribution is -3.07. The Hall–Kier alpha value is -2.37. The largest absolute Gasteiger partial charge is 0.412 e. The number of unbranched alkanes of at least 4 members (excludes halogenated alkanes) is 2. The van der Waals surface area contributed by atoms with Crippen LogP contribution in [0.25, 0.3) is 0 Å². The first-order valence-electron chi connectivity index (χ1n) is 8.79. The summed E-state index contributed by atoms with van der Waals surface area (Å²) < 4.78 is 0. The van der Waals surface area contributed by atoms with Gasteiger partial charge in [-0.2, -0.15) is 5.90 Å². The van der Waals surface area contributed by atoms with Crippen molar-refractivity contribution in [2.24, 2.45) is 5.90 Å². The number of quaternary nitrogens is 1. The van der Waals surface area contributed by atoms with Crippen LogP contribution in [0.4, 0.5) is 5.69 Å². The van der Waals surface area contributed by atoms with Crippen molar-refractivity contribution >= 4 is 11.6 Å². The molecule has 0 fully saturated rings. The van der Waals surface area contributed by atoms with Crippen LogP contribution in [0.15, 0.2) is 54.6 Å². The molecule has 0 aliphatic heterocycles. The zero-order valence-corrected chi connectivity index (χ0v) is 14.8. The highest BCUT2D eigenvalue weighted by molar-refractivity contribution is 5.90. The van der Waals surface area contributed by atoms with Gasteiger partial charge in [0.05, 0.1) is 13.6 Å². The van der Waals surface area contributed by atoms with Crippen molar-refractivity contribution in [1.82, 2.24) is 0 Å². The fourth-order valence-corrected chi connectivity index (χ4v) is 2.76. The van der Waals surface area contributed by atoms with E-state index in [1.54, 1.807) is 0 Å². The highest BCUT2D eigenvalue weighted by atomic mass is 16.6. The van der Waals surface area contributed by atoms with Gasteiger partial charge >= 0.3 is 0 Å². The third-order valence-corrected chi connectivity index (χ3v) is 4.13. The molecule has 5 nitrogen and oxygen atoms in total. The molecule has 5 heteroatoms. The zero-order chi connectivity index (χ0) is 17.9. The van der Waals surface area contributed by atoms with Crippen molar-refractivity contribution in [2.45, 2.75) is 32.2 Å². The number of amides is 1. The summed E-state index contributed by atoms with van der Waals surface area (Å²) in [7, 11) is 2.19. The summed E-state index contributed by atoms with van der Waals surface area (Å²) in [5, 5.41) is 2.92. The van der Waals surface area contributed by atoms with Crippen LogP contribution in [-0.4, -0.2) is 19.5 Å². The number of hydrogen-bond acceptors (Lipinski definition) is 3. The first-order valence-corrected chi connectivity index (χ1v) is 8.79.